The molecule has 6 heteroatoms. The van der Waals surface area contributed by atoms with Gasteiger partial charge in [-0.25, -0.2) is 8.78 Å². The number of pyridine rings is 1. The first-order valence-corrected chi connectivity index (χ1v) is 5.25. The second-order valence-electron chi connectivity index (χ2n) is 2.10. The Balaban J connectivity index is 3.33. The first-order valence-electron chi connectivity index (χ1n) is 3.10. The van der Waals surface area contributed by atoms with E-state index in [1.54, 1.807) is 22.6 Å². The molecule has 2 nitrogen and oxygen atoms in total. The Kier molecular flexibility index (Phi) is 3.78. The van der Waals surface area contributed by atoms with E-state index in [9.17, 15) is 8.78 Å². The molecule has 0 atom stereocenters. The van der Waals surface area contributed by atoms with Crippen LogP contribution in [0.25, 0.3) is 0 Å². The van der Waals surface area contributed by atoms with Gasteiger partial charge in [-0.2, -0.15) is 5.26 Å². The topological polar surface area (TPSA) is 36.7 Å². The van der Waals surface area contributed by atoms with Crippen molar-refractivity contribution in [1.29, 1.82) is 5.26 Å². The molecule has 0 saturated carbocycles. The molecule has 1 heterocycles. The fourth-order valence-corrected chi connectivity index (χ4v) is 1.91. The molecule has 0 aliphatic carbocycles. The Morgan fingerprint density at radius 2 is 2.00 bits per heavy atom. The molecule has 68 valence electrons. The summed E-state index contributed by atoms with van der Waals surface area (Å²) in [5.41, 5.74) is 0.0680. The second-order valence-corrected chi connectivity index (χ2v) is 4.26. The highest BCUT2D eigenvalue weighted by atomic mass is 127. The zero-order valence-electron chi connectivity index (χ0n) is 6.06. The third-order valence-electron chi connectivity index (χ3n) is 1.31. The predicted molar refractivity (Wildman–Crippen MR) is 59.3 cm³/mol. The first-order chi connectivity index (χ1) is 6.07. The lowest BCUT2D eigenvalue weighted by molar-refractivity contribution is 0.145. The van der Waals surface area contributed by atoms with E-state index in [2.05, 4.69) is 4.98 Å². The molecule has 0 aromatic carbocycles. The molecule has 1 aromatic rings. The molecule has 0 saturated heterocycles. The number of rotatable bonds is 1. The highest BCUT2D eigenvalue weighted by Crippen LogP contribution is 2.27. The maximum absolute atomic E-state index is 12.3. The number of alkyl halides is 2. The Morgan fingerprint density at radius 3 is 2.46 bits per heavy atom. The summed E-state index contributed by atoms with van der Waals surface area (Å²) < 4.78 is 25.5. The molecule has 0 unspecified atom stereocenters. The van der Waals surface area contributed by atoms with Crippen LogP contribution in [0.4, 0.5) is 8.78 Å². The van der Waals surface area contributed by atoms with E-state index < -0.39 is 6.43 Å². The van der Waals surface area contributed by atoms with Crippen molar-refractivity contribution < 1.29 is 8.78 Å². The Hall–Kier alpha value is -0.0400. The first kappa shape index (κ1) is 11.0. The van der Waals surface area contributed by atoms with Gasteiger partial charge in [0.05, 0.1) is 9.13 Å². The third-order valence-corrected chi connectivity index (χ3v) is 4.56. The van der Waals surface area contributed by atoms with Crippen molar-refractivity contribution in [3.05, 3.63) is 24.6 Å². The Bertz CT molecular complexity index is 373. The summed E-state index contributed by atoms with van der Waals surface area (Å²) in [7, 11) is 0. The zero-order chi connectivity index (χ0) is 10.0. The molecule has 0 aliphatic rings. The van der Waals surface area contributed by atoms with Gasteiger partial charge in [-0.15, -0.1) is 0 Å². The van der Waals surface area contributed by atoms with E-state index in [0.29, 0.717) is 12.7 Å². The van der Waals surface area contributed by atoms with E-state index in [-0.39, 0.29) is 5.69 Å². The summed E-state index contributed by atoms with van der Waals surface area (Å²) in [6.45, 7) is 0. The fraction of sp³-hybridized carbons (Fsp3) is 0.143. The number of nitriles is 1. The molecule has 0 aliphatic heterocycles. The summed E-state index contributed by atoms with van der Waals surface area (Å²) in [5.74, 6) is 0. The van der Waals surface area contributed by atoms with Gasteiger partial charge in [0, 0.05) is 9.77 Å². The van der Waals surface area contributed by atoms with Crippen molar-refractivity contribution in [2.24, 2.45) is 0 Å². The molecule has 0 N–H and O–H groups in total. The summed E-state index contributed by atoms with van der Waals surface area (Å²) >= 11 is 3.63. The van der Waals surface area contributed by atoms with E-state index in [4.69, 9.17) is 5.26 Å². The van der Waals surface area contributed by atoms with Gasteiger partial charge in [0.25, 0.3) is 6.43 Å². The van der Waals surface area contributed by atoms with Gasteiger partial charge in [0.1, 0.15) is 11.8 Å². The van der Waals surface area contributed by atoms with Crippen LogP contribution in [0, 0.1) is 18.5 Å². The highest BCUT2D eigenvalue weighted by molar-refractivity contribution is 14.1. The lowest BCUT2D eigenvalue weighted by Crippen LogP contribution is -1.99. The van der Waals surface area contributed by atoms with Crippen molar-refractivity contribution >= 4 is 45.2 Å². The third kappa shape index (κ3) is 2.25. The van der Waals surface area contributed by atoms with Gasteiger partial charge in [-0.1, -0.05) is 0 Å². The second kappa shape index (κ2) is 4.45. The Morgan fingerprint density at radius 1 is 1.38 bits per heavy atom. The number of hydrogen-bond donors (Lipinski definition) is 0. The minimum Gasteiger partial charge on any atom is -0.253 e. The maximum Gasteiger partial charge on any atom is 0.281 e. The van der Waals surface area contributed by atoms with Crippen LogP contribution in [0.15, 0.2) is 6.20 Å². The SMILES string of the molecule is N#Cc1cnc(C(F)F)c(I)c1I. The van der Waals surface area contributed by atoms with Gasteiger partial charge in [0.2, 0.25) is 0 Å². The number of aromatic nitrogens is 1. The van der Waals surface area contributed by atoms with E-state index in [1.165, 1.54) is 6.20 Å². The van der Waals surface area contributed by atoms with Gasteiger partial charge in [0.15, 0.2) is 0 Å². The summed E-state index contributed by atoms with van der Waals surface area (Å²) in [6, 6.07) is 1.88. The van der Waals surface area contributed by atoms with Crippen LogP contribution in [0.3, 0.4) is 0 Å². The van der Waals surface area contributed by atoms with Crippen molar-refractivity contribution in [2.45, 2.75) is 6.43 Å². The summed E-state index contributed by atoms with van der Waals surface area (Å²) in [6.07, 6.45) is -1.42. The minimum atomic E-state index is -2.59. The monoisotopic (exact) mass is 406 g/mol. The standard InChI is InChI=1S/C7H2F2I2N2/c8-7(9)6-5(11)4(10)3(1-12)2-13-6/h2,7H. The van der Waals surface area contributed by atoms with Crippen molar-refractivity contribution in [1.82, 2.24) is 4.98 Å². The number of halogens is 4. The van der Waals surface area contributed by atoms with Gasteiger partial charge >= 0.3 is 0 Å². The van der Waals surface area contributed by atoms with Crippen LogP contribution >= 0.6 is 45.2 Å². The Labute approximate surface area is 101 Å². The predicted octanol–water partition coefficient (Wildman–Crippen LogP) is 3.10. The maximum atomic E-state index is 12.3. The van der Waals surface area contributed by atoms with Gasteiger partial charge < -0.3 is 0 Å². The molecule has 0 spiro atoms. The highest BCUT2D eigenvalue weighted by Gasteiger charge is 2.17. The van der Waals surface area contributed by atoms with Crippen molar-refractivity contribution in [3.63, 3.8) is 0 Å². The normalized spacial score (nSPS) is 10.2. The van der Waals surface area contributed by atoms with Crippen LogP contribution in [0.5, 0.6) is 0 Å². The van der Waals surface area contributed by atoms with Crippen LogP contribution in [-0.2, 0) is 0 Å². The van der Waals surface area contributed by atoms with Crippen LogP contribution in [-0.4, -0.2) is 4.98 Å². The molecular formula is C7H2F2I2N2. The van der Waals surface area contributed by atoms with Gasteiger partial charge in [-0.3, -0.25) is 4.98 Å². The van der Waals surface area contributed by atoms with E-state index in [1.807, 2.05) is 28.7 Å². The van der Waals surface area contributed by atoms with Gasteiger partial charge in [-0.05, 0) is 45.2 Å². The largest absolute Gasteiger partial charge is 0.281 e. The molecule has 1 aromatic heterocycles. The summed E-state index contributed by atoms with van der Waals surface area (Å²) in [4.78, 5) is 3.52. The van der Waals surface area contributed by atoms with Crippen LogP contribution in [0.2, 0.25) is 0 Å². The number of nitrogens with zero attached hydrogens (tertiary/aromatic N) is 2. The molecule has 0 fully saturated rings. The van der Waals surface area contributed by atoms with E-state index in [0.717, 1.165) is 0 Å². The quantitative estimate of drug-likeness (QED) is 0.673. The lowest BCUT2D eigenvalue weighted by atomic mass is 10.3. The lowest BCUT2D eigenvalue weighted by Gasteiger charge is -2.04. The zero-order valence-corrected chi connectivity index (χ0v) is 10.4. The molecule has 13 heavy (non-hydrogen) atoms. The molecule has 0 radical (unpaired) electrons. The summed E-state index contributed by atoms with van der Waals surface area (Å²) in [5, 5.41) is 8.59. The van der Waals surface area contributed by atoms with Crippen LogP contribution < -0.4 is 0 Å². The number of hydrogen-bond acceptors (Lipinski definition) is 2. The molecule has 1 rings (SSSR count). The smallest absolute Gasteiger partial charge is 0.253 e. The average Bonchev–Trinajstić information content (AvgIpc) is 2.09. The van der Waals surface area contributed by atoms with Crippen LogP contribution in [0.1, 0.15) is 17.7 Å². The molecule has 0 bridgehead atoms. The van der Waals surface area contributed by atoms with Crippen molar-refractivity contribution in [2.75, 3.05) is 0 Å². The molecular weight excluding hydrogens is 404 g/mol. The minimum absolute atomic E-state index is 0.260. The molecule has 0 amide bonds. The average molecular weight is 406 g/mol. The van der Waals surface area contributed by atoms with Crippen molar-refractivity contribution in [3.8, 4) is 6.07 Å². The fourth-order valence-electron chi connectivity index (χ4n) is 0.708. The van der Waals surface area contributed by atoms with E-state index >= 15 is 0 Å².